The van der Waals surface area contributed by atoms with Gasteiger partial charge >= 0.3 is 0 Å². The van der Waals surface area contributed by atoms with Gasteiger partial charge in [-0.1, -0.05) is 17.3 Å². The summed E-state index contributed by atoms with van der Waals surface area (Å²) in [5, 5.41) is 4.55. The average Bonchev–Trinajstić information content (AvgIpc) is 2.92. The first-order valence-corrected chi connectivity index (χ1v) is 8.79. The largest absolute Gasteiger partial charge is 0.494 e. The van der Waals surface area contributed by atoms with Crippen LogP contribution in [0.4, 0.5) is 5.69 Å². The number of nitrogens with zero attached hydrogens (tertiary/aromatic N) is 1. The Morgan fingerprint density at radius 3 is 2.61 bits per heavy atom. The highest BCUT2D eigenvalue weighted by molar-refractivity contribution is 7.91. The minimum atomic E-state index is -3.59. The summed E-state index contributed by atoms with van der Waals surface area (Å²) >= 11 is 0. The number of hydrogen-bond acceptors (Lipinski definition) is 5. The van der Waals surface area contributed by atoms with Gasteiger partial charge in [-0.05, 0) is 43.3 Å². The Morgan fingerprint density at radius 1 is 1.13 bits per heavy atom. The van der Waals surface area contributed by atoms with E-state index in [9.17, 15) is 8.42 Å². The number of fused-ring (bicyclic) bond motifs is 1. The molecule has 120 valence electrons. The third-order valence-corrected chi connectivity index (χ3v) is 4.42. The van der Waals surface area contributed by atoms with Gasteiger partial charge in [0.15, 0.2) is 5.58 Å². The topological polar surface area (TPSA) is 81.4 Å². The van der Waals surface area contributed by atoms with Gasteiger partial charge in [-0.15, -0.1) is 0 Å². The lowest BCUT2D eigenvalue weighted by atomic mass is 10.2. The smallest absolute Gasteiger partial charge is 0.238 e. The number of aromatic nitrogens is 1. The maximum absolute atomic E-state index is 12.3. The molecule has 0 saturated carbocycles. The van der Waals surface area contributed by atoms with Gasteiger partial charge in [0.05, 0.1) is 6.61 Å². The number of benzene rings is 2. The van der Waals surface area contributed by atoms with E-state index in [1.165, 1.54) is 0 Å². The van der Waals surface area contributed by atoms with E-state index in [-0.39, 0.29) is 5.75 Å². The fourth-order valence-corrected chi connectivity index (χ4v) is 3.36. The Hall–Kier alpha value is -2.54. The van der Waals surface area contributed by atoms with Gasteiger partial charge in [0, 0.05) is 11.1 Å². The molecule has 0 spiro atoms. The minimum Gasteiger partial charge on any atom is -0.494 e. The van der Waals surface area contributed by atoms with Crippen molar-refractivity contribution >= 4 is 26.7 Å². The number of sulfonamides is 1. The molecule has 6 nitrogen and oxygen atoms in total. The highest BCUT2D eigenvalue weighted by Gasteiger charge is 2.17. The molecule has 3 aromatic rings. The van der Waals surface area contributed by atoms with Crippen LogP contribution >= 0.6 is 0 Å². The first-order chi connectivity index (χ1) is 11.1. The van der Waals surface area contributed by atoms with Crippen molar-refractivity contribution < 1.29 is 17.7 Å². The van der Waals surface area contributed by atoms with Crippen molar-refractivity contribution in [3.63, 3.8) is 0 Å². The molecular formula is C16H16N2O4S. The van der Waals surface area contributed by atoms with Gasteiger partial charge in [-0.3, -0.25) is 4.72 Å². The third-order valence-electron chi connectivity index (χ3n) is 3.22. The second-order valence-corrected chi connectivity index (χ2v) is 6.67. The Kier molecular flexibility index (Phi) is 4.20. The van der Waals surface area contributed by atoms with E-state index >= 15 is 0 Å². The molecule has 7 heteroatoms. The maximum Gasteiger partial charge on any atom is 0.238 e. The zero-order chi connectivity index (χ0) is 16.3. The molecule has 1 aromatic heterocycles. The van der Waals surface area contributed by atoms with Crippen molar-refractivity contribution in [1.29, 1.82) is 0 Å². The van der Waals surface area contributed by atoms with E-state index in [1.54, 1.807) is 36.4 Å². The summed E-state index contributed by atoms with van der Waals surface area (Å²) < 4.78 is 37.6. The standard InChI is InChI=1S/C16H16N2O4S/c1-2-21-13-9-7-12(8-10-13)18-23(19,20)11-15-14-5-3-4-6-16(14)22-17-15/h3-10,18H,2,11H2,1H3. The van der Waals surface area contributed by atoms with Gasteiger partial charge in [0.2, 0.25) is 10.0 Å². The Bertz CT molecular complexity index is 901. The summed E-state index contributed by atoms with van der Waals surface area (Å²) in [4.78, 5) is 0. The molecule has 0 aliphatic rings. The fourth-order valence-electron chi connectivity index (χ4n) is 2.22. The van der Waals surface area contributed by atoms with Crippen molar-refractivity contribution in [2.75, 3.05) is 11.3 Å². The highest BCUT2D eigenvalue weighted by atomic mass is 32.2. The molecule has 1 heterocycles. The predicted octanol–water partition coefficient (Wildman–Crippen LogP) is 3.17. The number of para-hydroxylation sites is 1. The molecule has 0 radical (unpaired) electrons. The monoisotopic (exact) mass is 332 g/mol. The van der Waals surface area contributed by atoms with Crippen LogP contribution in [0.3, 0.4) is 0 Å². The lowest BCUT2D eigenvalue weighted by Crippen LogP contribution is -2.15. The molecule has 1 N–H and O–H groups in total. The predicted molar refractivity (Wildman–Crippen MR) is 87.9 cm³/mol. The van der Waals surface area contributed by atoms with Crippen LogP contribution in [0.5, 0.6) is 5.75 Å². The fraction of sp³-hybridized carbons (Fsp3) is 0.188. The van der Waals surface area contributed by atoms with Crippen LogP contribution in [0.2, 0.25) is 0 Å². The van der Waals surface area contributed by atoms with Crippen LogP contribution in [-0.4, -0.2) is 20.2 Å². The molecule has 0 aliphatic heterocycles. The molecule has 0 amide bonds. The molecule has 0 saturated heterocycles. The molecule has 23 heavy (non-hydrogen) atoms. The number of nitrogens with one attached hydrogen (secondary N) is 1. The number of ether oxygens (including phenoxy) is 1. The molecule has 0 bridgehead atoms. The van der Waals surface area contributed by atoms with Crippen LogP contribution in [0.15, 0.2) is 53.1 Å². The summed E-state index contributed by atoms with van der Waals surface area (Å²) in [7, 11) is -3.59. The van der Waals surface area contributed by atoms with E-state index in [1.807, 2.05) is 19.1 Å². The van der Waals surface area contributed by atoms with E-state index < -0.39 is 10.0 Å². The van der Waals surface area contributed by atoms with Crippen LogP contribution in [0.1, 0.15) is 12.6 Å². The minimum absolute atomic E-state index is 0.253. The second-order valence-electron chi connectivity index (χ2n) is 4.94. The lowest BCUT2D eigenvalue weighted by molar-refractivity contribution is 0.340. The van der Waals surface area contributed by atoms with Crippen molar-refractivity contribution in [2.45, 2.75) is 12.7 Å². The van der Waals surface area contributed by atoms with Gasteiger partial charge in [-0.2, -0.15) is 0 Å². The summed E-state index contributed by atoms with van der Waals surface area (Å²) in [5.41, 5.74) is 1.43. The molecule has 0 aliphatic carbocycles. The van der Waals surface area contributed by atoms with E-state index in [0.717, 1.165) is 0 Å². The molecule has 2 aromatic carbocycles. The van der Waals surface area contributed by atoms with Gasteiger partial charge in [0.1, 0.15) is 17.2 Å². The first kappa shape index (κ1) is 15.4. The van der Waals surface area contributed by atoms with Crippen LogP contribution in [0, 0.1) is 0 Å². The molecule has 0 fully saturated rings. The summed E-state index contributed by atoms with van der Waals surface area (Å²) in [5.74, 6) is 0.440. The number of rotatable bonds is 6. The van der Waals surface area contributed by atoms with Crippen molar-refractivity contribution in [3.8, 4) is 5.75 Å². The normalized spacial score (nSPS) is 11.5. The van der Waals surface area contributed by atoms with E-state index in [2.05, 4.69) is 9.88 Å². The van der Waals surface area contributed by atoms with Crippen molar-refractivity contribution in [1.82, 2.24) is 5.16 Å². The maximum atomic E-state index is 12.3. The molecule has 0 unspecified atom stereocenters. The number of hydrogen-bond donors (Lipinski definition) is 1. The van der Waals surface area contributed by atoms with Gasteiger partial charge in [0.25, 0.3) is 0 Å². The van der Waals surface area contributed by atoms with Crippen molar-refractivity contribution in [2.24, 2.45) is 0 Å². The zero-order valence-electron chi connectivity index (χ0n) is 12.5. The summed E-state index contributed by atoms with van der Waals surface area (Å²) in [6.07, 6.45) is 0. The Balaban J connectivity index is 1.76. The molecule has 3 rings (SSSR count). The van der Waals surface area contributed by atoms with Crippen molar-refractivity contribution in [3.05, 3.63) is 54.2 Å². The average molecular weight is 332 g/mol. The SMILES string of the molecule is CCOc1ccc(NS(=O)(=O)Cc2noc3ccccc23)cc1. The summed E-state index contributed by atoms with van der Waals surface area (Å²) in [6.45, 7) is 2.45. The number of anilines is 1. The van der Waals surface area contributed by atoms with Gasteiger partial charge in [-0.25, -0.2) is 8.42 Å². The molecule has 0 atom stereocenters. The van der Waals surface area contributed by atoms with Crippen LogP contribution in [-0.2, 0) is 15.8 Å². The third kappa shape index (κ3) is 3.62. The second kappa shape index (κ2) is 6.29. The van der Waals surface area contributed by atoms with Gasteiger partial charge < -0.3 is 9.26 Å². The lowest BCUT2D eigenvalue weighted by Gasteiger charge is -2.08. The first-order valence-electron chi connectivity index (χ1n) is 7.14. The molecular weight excluding hydrogens is 316 g/mol. The Labute approximate surface area is 134 Å². The van der Waals surface area contributed by atoms with Crippen LogP contribution < -0.4 is 9.46 Å². The quantitative estimate of drug-likeness (QED) is 0.750. The zero-order valence-corrected chi connectivity index (χ0v) is 13.3. The highest BCUT2D eigenvalue weighted by Crippen LogP contribution is 2.21. The van der Waals surface area contributed by atoms with Crippen LogP contribution in [0.25, 0.3) is 11.0 Å². The van der Waals surface area contributed by atoms with E-state index in [4.69, 9.17) is 9.26 Å². The summed E-state index contributed by atoms with van der Waals surface area (Å²) in [6, 6.07) is 13.9. The Morgan fingerprint density at radius 2 is 1.87 bits per heavy atom. The van der Waals surface area contributed by atoms with E-state index in [0.29, 0.717) is 34.7 Å².